The van der Waals surface area contributed by atoms with E-state index in [1.807, 2.05) is 0 Å². The molecule has 0 aromatic rings. The van der Waals surface area contributed by atoms with Crippen molar-refractivity contribution in [1.82, 2.24) is 0 Å². The standard InChI is InChI=1S/C14H26O4Si.C14H24O4Si/c2*1-14(2,3)19(5,6)18-9-7-8(15)10-11(9)12(10)13(16)17-4/h8-12,15H,7H2,1-6H3;9-12H,7H2,1-6H3/t8-,9+,10+,11-,12-;9-,10-,11+,12+/m01/s1. The summed E-state index contributed by atoms with van der Waals surface area (Å²) < 4.78 is 22.3. The van der Waals surface area contributed by atoms with Crippen LogP contribution < -0.4 is 0 Å². The first-order valence-electron chi connectivity index (χ1n) is 13.9. The Kier molecular flexibility index (Phi) is 8.60. The van der Waals surface area contributed by atoms with Gasteiger partial charge in [0.05, 0.1) is 44.4 Å². The Morgan fingerprint density at radius 1 is 0.763 bits per heavy atom. The van der Waals surface area contributed by atoms with Gasteiger partial charge in [-0.25, -0.2) is 0 Å². The second-order valence-corrected chi connectivity index (χ2v) is 24.2. The normalized spacial score (nSPS) is 36.0. The van der Waals surface area contributed by atoms with E-state index >= 15 is 0 Å². The fourth-order valence-electron chi connectivity index (χ4n) is 5.82. The topological polar surface area (TPSA) is 108 Å². The number of Topliss-reactive ketones (excluding diaryl/α,β-unsaturated/α-hetero) is 1. The maximum Gasteiger partial charge on any atom is 0.309 e. The summed E-state index contributed by atoms with van der Waals surface area (Å²) in [6.07, 6.45) is 0.654. The molecule has 9 atom stereocenters. The first-order valence-corrected chi connectivity index (χ1v) is 19.7. The van der Waals surface area contributed by atoms with Gasteiger partial charge in [0.15, 0.2) is 16.6 Å². The number of carbonyl (C=O) groups excluding carboxylic acids is 3. The summed E-state index contributed by atoms with van der Waals surface area (Å²) in [5.74, 6) is -0.534. The molecule has 0 spiro atoms. The van der Waals surface area contributed by atoms with Crippen molar-refractivity contribution < 1.29 is 37.8 Å². The lowest BCUT2D eigenvalue weighted by molar-refractivity contribution is -0.145. The molecule has 8 nitrogen and oxygen atoms in total. The highest BCUT2D eigenvalue weighted by atomic mass is 28.4. The third-order valence-electron chi connectivity index (χ3n) is 10.2. The van der Waals surface area contributed by atoms with Gasteiger partial charge in [-0.2, -0.15) is 0 Å². The molecule has 0 aromatic heterocycles. The first-order chi connectivity index (χ1) is 17.2. The van der Waals surface area contributed by atoms with Gasteiger partial charge < -0.3 is 23.4 Å². The Morgan fingerprint density at radius 3 is 1.66 bits per heavy atom. The van der Waals surface area contributed by atoms with Crippen LogP contribution in [0.15, 0.2) is 0 Å². The van der Waals surface area contributed by atoms with Crippen LogP contribution in [0.4, 0.5) is 0 Å². The molecule has 4 saturated carbocycles. The van der Waals surface area contributed by atoms with Gasteiger partial charge in [0, 0.05) is 30.1 Å². The molecule has 0 unspecified atom stereocenters. The number of ketones is 1. The second kappa shape index (κ2) is 10.4. The van der Waals surface area contributed by atoms with Crippen molar-refractivity contribution in [2.75, 3.05) is 14.2 Å². The molecule has 10 heteroatoms. The van der Waals surface area contributed by atoms with E-state index in [0.29, 0.717) is 12.8 Å². The summed E-state index contributed by atoms with van der Waals surface area (Å²) >= 11 is 0. The Hall–Kier alpha value is -1.08. The van der Waals surface area contributed by atoms with Crippen molar-refractivity contribution in [2.24, 2.45) is 35.5 Å². The van der Waals surface area contributed by atoms with Gasteiger partial charge >= 0.3 is 11.9 Å². The lowest BCUT2D eigenvalue weighted by Crippen LogP contribution is -2.44. The van der Waals surface area contributed by atoms with Crippen LogP contribution in [-0.4, -0.2) is 72.0 Å². The molecule has 0 aromatic carbocycles. The Labute approximate surface area is 230 Å². The predicted octanol–water partition coefficient (Wildman–Crippen LogP) is 4.56. The van der Waals surface area contributed by atoms with E-state index in [1.165, 1.54) is 14.2 Å². The summed E-state index contributed by atoms with van der Waals surface area (Å²) in [6.45, 7) is 21.9. The minimum atomic E-state index is -1.89. The average molecular weight is 571 g/mol. The molecule has 0 amide bonds. The van der Waals surface area contributed by atoms with E-state index in [-0.39, 0.29) is 75.5 Å². The highest BCUT2D eigenvalue weighted by Gasteiger charge is 2.69. The molecule has 0 bridgehead atoms. The molecule has 4 rings (SSSR count). The van der Waals surface area contributed by atoms with Gasteiger partial charge in [-0.15, -0.1) is 0 Å². The van der Waals surface area contributed by atoms with Crippen molar-refractivity contribution in [3.05, 3.63) is 0 Å². The minimum Gasteiger partial charge on any atom is -0.469 e. The van der Waals surface area contributed by atoms with Crippen LogP contribution in [0.25, 0.3) is 0 Å². The molecule has 0 saturated heterocycles. The molecule has 0 radical (unpaired) electrons. The molecule has 218 valence electrons. The third-order valence-corrected chi connectivity index (χ3v) is 19.2. The number of aliphatic hydroxyl groups excluding tert-OH is 1. The molecule has 0 heterocycles. The number of rotatable bonds is 6. The maximum atomic E-state index is 11.9. The first kappa shape index (κ1) is 31.5. The Morgan fingerprint density at radius 2 is 1.21 bits per heavy atom. The monoisotopic (exact) mass is 570 g/mol. The zero-order chi connectivity index (χ0) is 29.2. The molecule has 1 N–H and O–H groups in total. The average Bonchev–Trinajstić information content (AvgIpc) is 3.63. The number of aliphatic hydroxyl groups is 1. The van der Waals surface area contributed by atoms with E-state index < -0.39 is 22.7 Å². The Balaban J connectivity index is 0.000000211. The molecular formula is C28H50O8Si2. The summed E-state index contributed by atoms with van der Waals surface area (Å²) in [5.41, 5.74) is 0. The smallest absolute Gasteiger partial charge is 0.309 e. The summed E-state index contributed by atoms with van der Waals surface area (Å²) in [6, 6.07) is 0. The van der Waals surface area contributed by atoms with E-state index in [4.69, 9.17) is 18.3 Å². The van der Waals surface area contributed by atoms with E-state index in [9.17, 15) is 19.5 Å². The van der Waals surface area contributed by atoms with Crippen LogP contribution in [0.5, 0.6) is 0 Å². The van der Waals surface area contributed by atoms with Gasteiger partial charge in [-0.05, 0) is 42.7 Å². The molecule has 4 fully saturated rings. The van der Waals surface area contributed by atoms with E-state index in [1.54, 1.807) is 0 Å². The Bertz CT molecular complexity index is 934. The largest absolute Gasteiger partial charge is 0.469 e. The van der Waals surface area contributed by atoms with Gasteiger partial charge in [0.25, 0.3) is 0 Å². The molecular weight excluding hydrogens is 520 g/mol. The van der Waals surface area contributed by atoms with Crippen LogP contribution in [0, 0.1) is 35.5 Å². The summed E-state index contributed by atoms with van der Waals surface area (Å²) in [7, 11) is -0.957. The van der Waals surface area contributed by atoms with Crippen molar-refractivity contribution in [3.8, 4) is 0 Å². The number of hydrogen-bond donors (Lipinski definition) is 1. The second-order valence-electron chi connectivity index (χ2n) is 14.7. The van der Waals surface area contributed by atoms with Crippen LogP contribution in [0.1, 0.15) is 54.4 Å². The van der Waals surface area contributed by atoms with Gasteiger partial charge in [-0.1, -0.05) is 41.5 Å². The van der Waals surface area contributed by atoms with Crippen molar-refractivity contribution in [2.45, 2.75) is 109 Å². The summed E-state index contributed by atoms with van der Waals surface area (Å²) in [4.78, 5) is 35.2. The molecule has 38 heavy (non-hydrogen) atoms. The lowest BCUT2D eigenvalue weighted by Gasteiger charge is -2.39. The number of esters is 2. The maximum absolute atomic E-state index is 11.9. The van der Waals surface area contributed by atoms with Crippen LogP contribution in [-0.2, 0) is 32.7 Å². The predicted molar refractivity (Wildman–Crippen MR) is 149 cm³/mol. The number of hydrogen-bond acceptors (Lipinski definition) is 8. The molecule has 4 aliphatic rings. The van der Waals surface area contributed by atoms with Crippen LogP contribution >= 0.6 is 0 Å². The van der Waals surface area contributed by atoms with Crippen LogP contribution in [0.3, 0.4) is 0 Å². The van der Waals surface area contributed by atoms with E-state index in [0.717, 1.165) is 0 Å². The van der Waals surface area contributed by atoms with Gasteiger partial charge in [0.1, 0.15) is 5.78 Å². The molecule has 4 aliphatic carbocycles. The fraction of sp³-hybridized carbons (Fsp3) is 0.893. The quantitative estimate of drug-likeness (QED) is 0.366. The minimum absolute atomic E-state index is 0.0185. The van der Waals surface area contributed by atoms with Crippen LogP contribution in [0.2, 0.25) is 36.3 Å². The number of fused-ring (bicyclic) bond motifs is 2. The van der Waals surface area contributed by atoms with E-state index in [2.05, 4.69) is 67.7 Å². The highest BCUT2D eigenvalue weighted by molar-refractivity contribution is 6.74. The van der Waals surface area contributed by atoms with Crippen molar-refractivity contribution >= 4 is 34.4 Å². The third kappa shape index (κ3) is 5.84. The molecule has 0 aliphatic heterocycles. The zero-order valence-electron chi connectivity index (χ0n) is 25.4. The number of methoxy groups -OCH3 is 2. The summed E-state index contributed by atoms with van der Waals surface area (Å²) in [5, 5.41) is 10.3. The van der Waals surface area contributed by atoms with Crippen molar-refractivity contribution in [1.29, 1.82) is 0 Å². The number of carbonyl (C=O) groups is 3. The number of ether oxygens (including phenoxy) is 2. The highest BCUT2D eigenvalue weighted by Crippen LogP contribution is 2.60. The fourth-order valence-corrected chi connectivity index (χ4v) is 8.53. The lowest BCUT2D eigenvalue weighted by atomic mass is 10.1. The van der Waals surface area contributed by atoms with Crippen molar-refractivity contribution in [3.63, 3.8) is 0 Å². The van der Waals surface area contributed by atoms with Gasteiger partial charge in [0.2, 0.25) is 0 Å². The van der Waals surface area contributed by atoms with Gasteiger partial charge in [-0.3, -0.25) is 14.4 Å². The zero-order valence-corrected chi connectivity index (χ0v) is 27.4. The SMILES string of the molecule is COC(=O)[C@@H]1[C@@H]2[C@H]1[C@@H](O)C[C@H]2O[Si](C)(C)C(C)(C)C.COC(=O)[C@H]1[C@@H]2C(=O)C[C@@H](O[Si](C)(C)C(C)(C)C)[C@@H]21.